The van der Waals surface area contributed by atoms with Crippen LogP contribution in [-0.2, 0) is 0 Å². The van der Waals surface area contributed by atoms with E-state index in [9.17, 15) is 9.18 Å². The van der Waals surface area contributed by atoms with Gasteiger partial charge in [0.25, 0.3) is 0 Å². The van der Waals surface area contributed by atoms with Crippen molar-refractivity contribution in [3.05, 3.63) is 51.3 Å². The smallest absolute Gasteiger partial charge is 0.338 e. The van der Waals surface area contributed by atoms with Crippen LogP contribution in [-0.4, -0.2) is 16.1 Å². The number of nitrogens with one attached hydrogen (secondary N) is 1. The first kappa shape index (κ1) is 13.8. The second-order valence-electron chi connectivity index (χ2n) is 3.58. The average Bonchev–Trinajstić information content (AvgIpc) is 2.34. The third-order valence-electron chi connectivity index (χ3n) is 2.30. The summed E-state index contributed by atoms with van der Waals surface area (Å²) in [5, 5.41) is 11.8. The zero-order chi connectivity index (χ0) is 14.0. The van der Waals surface area contributed by atoms with Crippen LogP contribution in [0.25, 0.3) is 0 Å². The Labute approximate surface area is 121 Å². The SMILES string of the molecule is O=C(O)c1ccnc(Nc2ccc(Br)cc2Cl)c1F. The minimum Gasteiger partial charge on any atom is -0.478 e. The molecule has 0 amide bonds. The highest BCUT2D eigenvalue weighted by Gasteiger charge is 2.15. The van der Waals surface area contributed by atoms with E-state index < -0.39 is 17.3 Å². The Balaban J connectivity index is 2.38. The molecule has 2 aromatic rings. The van der Waals surface area contributed by atoms with Gasteiger partial charge in [0, 0.05) is 10.7 Å². The van der Waals surface area contributed by atoms with Gasteiger partial charge in [-0.3, -0.25) is 0 Å². The van der Waals surface area contributed by atoms with Gasteiger partial charge < -0.3 is 10.4 Å². The van der Waals surface area contributed by atoms with Gasteiger partial charge in [0.1, 0.15) is 5.56 Å². The third-order valence-corrected chi connectivity index (χ3v) is 3.11. The van der Waals surface area contributed by atoms with Gasteiger partial charge in [-0.05, 0) is 24.3 Å². The molecule has 0 bridgehead atoms. The van der Waals surface area contributed by atoms with Crippen molar-refractivity contribution in [3.63, 3.8) is 0 Å². The van der Waals surface area contributed by atoms with Crippen LogP contribution in [0.15, 0.2) is 34.9 Å². The molecule has 0 radical (unpaired) electrons. The Morgan fingerprint density at radius 3 is 2.79 bits per heavy atom. The topological polar surface area (TPSA) is 62.2 Å². The van der Waals surface area contributed by atoms with Crippen molar-refractivity contribution in [3.8, 4) is 0 Å². The van der Waals surface area contributed by atoms with E-state index in [0.29, 0.717) is 10.7 Å². The Hall–Kier alpha value is -1.66. The Morgan fingerprint density at radius 1 is 1.42 bits per heavy atom. The molecule has 98 valence electrons. The number of aromatic nitrogens is 1. The fourth-order valence-corrected chi connectivity index (χ4v) is 2.14. The van der Waals surface area contributed by atoms with Crippen LogP contribution in [0.3, 0.4) is 0 Å². The molecular formula is C12H7BrClFN2O2. The highest BCUT2D eigenvalue weighted by Crippen LogP contribution is 2.29. The van der Waals surface area contributed by atoms with Gasteiger partial charge in [0.15, 0.2) is 11.6 Å². The molecule has 0 fully saturated rings. The maximum absolute atomic E-state index is 13.9. The minimum absolute atomic E-state index is 0.191. The molecule has 4 nitrogen and oxygen atoms in total. The number of aromatic carboxylic acids is 1. The minimum atomic E-state index is -1.36. The molecule has 1 heterocycles. The Bertz CT molecular complexity index is 652. The molecule has 1 aromatic carbocycles. The molecule has 1 aromatic heterocycles. The number of benzene rings is 1. The van der Waals surface area contributed by atoms with Crippen molar-refractivity contribution in [2.24, 2.45) is 0 Å². The van der Waals surface area contributed by atoms with Gasteiger partial charge in [-0.15, -0.1) is 0 Å². The fourth-order valence-electron chi connectivity index (χ4n) is 1.41. The number of pyridine rings is 1. The molecule has 0 unspecified atom stereocenters. The molecule has 19 heavy (non-hydrogen) atoms. The lowest BCUT2D eigenvalue weighted by Crippen LogP contribution is -2.05. The second kappa shape index (κ2) is 5.54. The van der Waals surface area contributed by atoms with Crippen molar-refractivity contribution in [1.29, 1.82) is 0 Å². The van der Waals surface area contributed by atoms with Gasteiger partial charge in [-0.2, -0.15) is 0 Å². The van der Waals surface area contributed by atoms with Gasteiger partial charge in [-0.1, -0.05) is 27.5 Å². The van der Waals surface area contributed by atoms with E-state index in [-0.39, 0.29) is 5.82 Å². The molecule has 0 spiro atoms. The van der Waals surface area contributed by atoms with Crippen LogP contribution in [0.2, 0.25) is 5.02 Å². The molecule has 0 aliphatic carbocycles. The van der Waals surface area contributed by atoms with Crippen molar-refractivity contribution < 1.29 is 14.3 Å². The van der Waals surface area contributed by atoms with Crippen molar-refractivity contribution >= 4 is 45.0 Å². The quantitative estimate of drug-likeness (QED) is 0.880. The van der Waals surface area contributed by atoms with E-state index >= 15 is 0 Å². The Morgan fingerprint density at radius 2 is 2.16 bits per heavy atom. The molecular weight excluding hydrogens is 338 g/mol. The standard InChI is InChI=1S/C12H7BrClFN2O2/c13-6-1-2-9(8(14)5-6)17-11-10(15)7(12(18)19)3-4-16-11/h1-5H,(H,16,17)(H,18,19). The summed E-state index contributed by atoms with van der Waals surface area (Å²) >= 11 is 9.22. The third kappa shape index (κ3) is 3.02. The number of carboxylic acids is 1. The predicted octanol–water partition coefficient (Wildman–Crippen LogP) is 4.08. The van der Waals surface area contributed by atoms with Gasteiger partial charge in [-0.25, -0.2) is 14.2 Å². The van der Waals surface area contributed by atoms with Crippen LogP contribution < -0.4 is 5.32 Å². The van der Waals surface area contributed by atoms with Gasteiger partial charge in [0.2, 0.25) is 0 Å². The largest absolute Gasteiger partial charge is 0.478 e. The molecule has 0 saturated carbocycles. The number of rotatable bonds is 3. The van der Waals surface area contributed by atoms with E-state index in [1.54, 1.807) is 18.2 Å². The maximum atomic E-state index is 13.9. The van der Waals surface area contributed by atoms with Crippen molar-refractivity contribution in [2.75, 3.05) is 5.32 Å². The summed E-state index contributed by atoms with van der Waals surface area (Å²) in [6.07, 6.45) is 1.21. The molecule has 0 aliphatic heterocycles. The average molecular weight is 346 g/mol. The first-order chi connectivity index (χ1) is 8.99. The number of nitrogens with zero attached hydrogens (tertiary/aromatic N) is 1. The normalized spacial score (nSPS) is 10.3. The number of hydrogen-bond donors (Lipinski definition) is 2. The summed E-state index contributed by atoms with van der Waals surface area (Å²) in [4.78, 5) is 14.6. The van der Waals surface area contributed by atoms with E-state index in [1.807, 2.05) is 0 Å². The number of halogens is 3. The summed E-state index contributed by atoms with van der Waals surface area (Å²) < 4.78 is 14.6. The molecule has 0 saturated heterocycles. The summed E-state index contributed by atoms with van der Waals surface area (Å²) in [5.41, 5.74) is -0.0236. The lowest BCUT2D eigenvalue weighted by molar-refractivity contribution is 0.0692. The number of anilines is 2. The lowest BCUT2D eigenvalue weighted by Gasteiger charge is -2.09. The number of carboxylic acid groups (broad SMARTS) is 1. The predicted molar refractivity (Wildman–Crippen MR) is 73.6 cm³/mol. The summed E-state index contributed by atoms with van der Waals surface area (Å²) in [6, 6.07) is 6.06. The second-order valence-corrected chi connectivity index (χ2v) is 4.90. The van der Waals surface area contributed by atoms with E-state index in [0.717, 1.165) is 10.5 Å². The highest BCUT2D eigenvalue weighted by atomic mass is 79.9. The van der Waals surface area contributed by atoms with Crippen molar-refractivity contribution in [1.82, 2.24) is 4.98 Å². The molecule has 0 aliphatic rings. The van der Waals surface area contributed by atoms with Crippen LogP contribution in [0, 0.1) is 5.82 Å². The van der Waals surface area contributed by atoms with E-state index in [4.69, 9.17) is 16.7 Å². The molecule has 2 N–H and O–H groups in total. The first-order valence-electron chi connectivity index (χ1n) is 5.09. The fraction of sp³-hybridized carbons (Fsp3) is 0. The van der Waals surface area contributed by atoms with Crippen LogP contribution in [0.4, 0.5) is 15.9 Å². The van der Waals surface area contributed by atoms with Gasteiger partial charge in [0.05, 0.1) is 10.7 Å². The monoisotopic (exact) mass is 344 g/mol. The molecule has 0 atom stereocenters. The van der Waals surface area contributed by atoms with Crippen molar-refractivity contribution in [2.45, 2.75) is 0 Å². The van der Waals surface area contributed by atoms with Crippen LogP contribution in [0.1, 0.15) is 10.4 Å². The zero-order valence-electron chi connectivity index (χ0n) is 9.32. The van der Waals surface area contributed by atoms with Crippen LogP contribution >= 0.6 is 27.5 Å². The number of carbonyl (C=O) groups is 1. The van der Waals surface area contributed by atoms with E-state index in [1.165, 1.54) is 6.20 Å². The molecule has 7 heteroatoms. The maximum Gasteiger partial charge on any atom is 0.338 e. The summed E-state index contributed by atoms with van der Waals surface area (Å²) in [6.45, 7) is 0. The molecule has 2 rings (SSSR count). The zero-order valence-corrected chi connectivity index (χ0v) is 11.7. The summed E-state index contributed by atoms with van der Waals surface area (Å²) in [5.74, 6) is -2.48. The first-order valence-corrected chi connectivity index (χ1v) is 6.26. The van der Waals surface area contributed by atoms with E-state index in [2.05, 4.69) is 26.2 Å². The Kier molecular flexibility index (Phi) is 4.01. The summed E-state index contributed by atoms with van der Waals surface area (Å²) in [7, 11) is 0. The number of hydrogen-bond acceptors (Lipinski definition) is 3. The highest BCUT2D eigenvalue weighted by molar-refractivity contribution is 9.10. The van der Waals surface area contributed by atoms with Crippen LogP contribution in [0.5, 0.6) is 0 Å². The lowest BCUT2D eigenvalue weighted by atomic mass is 10.2. The van der Waals surface area contributed by atoms with Gasteiger partial charge >= 0.3 is 5.97 Å².